The third-order valence-corrected chi connectivity index (χ3v) is 4.45. The lowest BCUT2D eigenvalue weighted by Gasteiger charge is -2.23. The van der Waals surface area contributed by atoms with Gasteiger partial charge in [0.2, 0.25) is 0 Å². The zero-order valence-electron chi connectivity index (χ0n) is 10.9. The van der Waals surface area contributed by atoms with Gasteiger partial charge in [0.05, 0.1) is 0 Å². The molecule has 1 saturated heterocycles. The van der Waals surface area contributed by atoms with E-state index in [4.69, 9.17) is 0 Å². The zero-order valence-corrected chi connectivity index (χ0v) is 11.7. The monoisotopic (exact) mass is 273 g/mol. The van der Waals surface area contributed by atoms with Crippen LogP contribution in [0.1, 0.15) is 18.4 Å². The lowest BCUT2D eigenvalue weighted by Crippen LogP contribution is -2.39. The van der Waals surface area contributed by atoms with Crippen LogP contribution in [0.2, 0.25) is 0 Å². The molecule has 0 unspecified atom stereocenters. The highest BCUT2D eigenvalue weighted by Crippen LogP contribution is 2.24. The lowest BCUT2D eigenvalue weighted by molar-refractivity contribution is 0.386. The summed E-state index contributed by atoms with van der Waals surface area (Å²) in [5, 5.41) is 9.13. The minimum Gasteiger partial charge on any atom is -0.317 e. The van der Waals surface area contributed by atoms with Crippen molar-refractivity contribution in [3.8, 4) is 10.4 Å². The molecular formula is C15H19N3S. The van der Waals surface area contributed by atoms with Crippen LogP contribution in [0.15, 0.2) is 36.0 Å². The van der Waals surface area contributed by atoms with Gasteiger partial charge in [-0.1, -0.05) is 6.07 Å². The van der Waals surface area contributed by atoms with E-state index >= 15 is 0 Å². The van der Waals surface area contributed by atoms with Gasteiger partial charge in [-0.25, -0.2) is 0 Å². The quantitative estimate of drug-likeness (QED) is 0.899. The first kappa shape index (κ1) is 12.8. The Bertz CT molecular complexity index is 504. The number of hydrogen-bond acceptors (Lipinski definition) is 4. The van der Waals surface area contributed by atoms with Crippen LogP contribution in [-0.4, -0.2) is 24.1 Å². The predicted octanol–water partition coefficient (Wildman–Crippen LogP) is 2.65. The molecule has 0 aliphatic carbocycles. The fourth-order valence-electron chi connectivity index (χ4n) is 2.45. The van der Waals surface area contributed by atoms with Crippen LogP contribution in [0.3, 0.4) is 0 Å². The van der Waals surface area contributed by atoms with E-state index in [-0.39, 0.29) is 0 Å². The minimum atomic E-state index is 0.645. The van der Waals surface area contributed by atoms with Crippen LogP contribution in [0.5, 0.6) is 0 Å². The van der Waals surface area contributed by atoms with Crippen molar-refractivity contribution in [1.82, 2.24) is 15.6 Å². The molecule has 0 atom stereocenters. The van der Waals surface area contributed by atoms with Gasteiger partial charge in [-0.2, -0.15) is 0 Å². The largest absolute Gasteiger partial charge is 0.317 e. The van der Waals surface area contributed by atoms with Crippen LogP contribution in [0.25, 0.3) is 10.4 Å². The molecule has 4 heteroatoms. The van der Waals surface area contributed by atoms with Crippen LogP contribution in [-0.2, 0) is 6.54 Å². The van der Waals surface area contributed by atoms with Gasteiger partial charge in [0, 0.05) is 35.4 Å². The first-order valence-corrected chi connectivity index (χ1v) is 7.72. The number of hydrogen-bond donors (Lipinski definition) is 2. The number of aromatic nitrogens is 1. The third-order valence-electron chi connectivity index (χ3n) is 3.53. The molecule has 0 amide bonds. The van der Waals surface area contributed by atoms with Crippen molar-refractivity contribution in [2.24, 2.45) is 0 Å². The van der Waals surface area contributed by atoms with Crippen molar-refractivity contribution in [3.05, 3.63) is 41.5 Å². The zero-order chi connectivity index (χ0) is 12.9. The van der Waals surface area contributed by atoms with Gasteiger partial charge in [-0.05, 0) is 49.0 Å². The summed E-state index contributed by atoms with van der Waals surface area (Å²) in [4.78, 5) is 5.65. The second-order valence-corrected chi connectivity index (χ2v) is 5.91. The van der Waals surface area contributed by atoms with Gasteiger partial charge >= 0.3 is 0 Å². The van der Waals surface area contributed by atoms with Crippen molar-refractivity contribution in [2.75, 3.05) is 13.1 Å². The van der Waals surface area contributed by atoms with E-state index in [1.807, 2.05) is 12.4 Å². The normalized spacial score (nSPS) is 16.6. The molecule has 3 nitrogen and oxygen atoms in total. The molecule has 0 aromatic carbocycles. The van der Waals surface area contributed by atoms with Crippen LogP contribution in [0.4, 0.5) is 0 Å². The van der Waals surface area contributed by atoms with E-state index in [0.29, 0.717) is 6.04 Å². The molecule has 1 aliphatic rings. The molecule has 0 saturated carbocycles. The van der Waals surface area contributed by atoms with Crippen molar-refractivity contribution in [1.29, 1.82) is 0 Å². The Labute approximate surface area is 118 Å². The lowest BCUT2D eigenvalue weighted by atomic mass is 10.1. The maximum absolute atomic E-state index is 4.36. The van der Waals surface area contributed by atoms with Gasteiger partial charge in [0.25, 0.3) is 0 Å². The average Bonchev–Trinajstić information content (AvgIpc) is 3.01. The van der Waals surface area contributed by atoms with Gasteiger partial charge < -0.3 is 10.6 Å². The first-order valence-electron chi connectivity index (χ1n) is 6.84. The van der Waals surface area contributed by atoms with Gasteiger partial charge in [0.15, 0.2) is 0 Å². The second kappa shape index (κ2) is 6.28. The standard InChI is InChI=1S/C15H19N3S/c1-2-15(19-7-1)13-8-12(9-17-11-13)10-18-14-3-5-16-6-4-14/h1-2,7-9,11,14,16,18H,3-6,10H2. The molecular weight excluding hydrogens is 254 g/mol. The third kappa shape index (κ3) is 3.41. The summed E-state index contributed by atoms with van der Waals surface area (Å²) in [5.74, 6) is 0. The highest BCUT2D eigenvalue weighted by Gasteiger charge is 2.12. The van der Waals surface area contributed by atoms with E-state index in [9.17, 15) is 0 Å². The summed E-state index contributed by atoms with van der Waals surface area (Å²) >= 11 is 1.76. The molecule has 0 spiro atoms. The number of nitrogens with one attached hydrogen (secondary N) is 2. The van der Waals surface area contributed by atoms with Gasteiger partial charge in [-0.15, -0.1) is 11.3 Å². The van der Waals surface area contributed by atoms with Crippen molar-refractivity contribution in [3.63, 3.8) is 0 Å². The average molecular weight is 273 g/mol. The maximum Gasteiger partial charge on any atom is 0.0358 e. The Morgan fingerprint density at radius 3 is 3.00 bits per heavy atom. The Kier molecular flexibility index (Phi) is 4.23. The SMILES string of the molecule is c1csc(-c2cncc(CNC3CCNCC3)c2)c1. The molecule has 2 aromatic rings. The molecule has 100 valence electrons. The van der Waals surface area contributed by atoms with Crippen molar-refractivity contribution in [2.45, 2.75) is 25.4 Å². The second-order valence-electron chi connectivity index (χ2n) is 4.96. The van der Waals surface area contributed by atoms with Crippen molar-refractivity contribution >= 4 is 11.3 Å². The maximum atomic E-state index is 4.36. The van der Waals surface area contributed by atoms with Crippen LogP contribution in [0, 0.1) is 0 Å². The van der Waals surface area contributed by atoms with Gasteiger partial charge in [-0.3, -0.25) is 4.98 Å². The van der Waals surface area contributed by atoms with Crippen molar-refractivity contribution < 1.29 is 0 Å². The first-order chi connectivity index (χ1) is 9.42. The topological polar surface area (TPSA) is 37.0 Å². The minimum absolute atomic E-state index is 0.645. The molecule has 3 rings (SSSR count). The summed E-state index contributed by atoms with van der Waals surface area (Å²) in [6, 6.07) is 7.12. The highest BCUT2D eigenvalue weighted by molar-refractivity contribution is 7.13. The number of piperidine rings is 1. The van der Waals surface area contributed by atoms with E-state index < -0.39 is 0 Å². The summed E-state index contributed by atoms with van der Waals surface area (Å²) in [5.41, 5.74) is 2.49. The molecule has 0 bridgehead atoms. The Hall–Kier alpha value is -1.23. The highest BCUT2D eigenvalue weighted by atomic mass is 32.1. The van der Waals surface area contributed by atoms with Gasteiger partial charge in [0.1, 0.15) is 0 Å². The molecule has 2 aromatic heterocycles. The van der Waals surface area contributed by atoms with E-state index in [1.54, 1.807) is 11.3 Å². The number of thiophene rings is 1. The predicted molar refractivity (Wildman–Crippen MR) is 80.3 cm³/mol. The van der Waals surface area contributed by atoms with Crippen LogP contribution < -0.4 is 10.6 Å². The Morgan fingerprint density at radius 2 is 2.21 bits per heavy atom. The molecule has 0 radical (unpaired) electrons. The summed E-state index contributed by atoms with van der Waals surface area (Å²) in [6.07, 6.45) is 6.35. The van der Waals surface area contributed by atoms with Crippen LogP contribution >= 0.6 is 11.3 Å². The number of pyridine rings is 1. The van der Waals surface area contributed by atoms with E-state index in [1.165, 1.54) is 28.8 Å². The number of nitrogens with zero attached hydrogens (tertiary/aromatic N) is 1. The smallest absolute Gasteiger partial charge is 0.0358 e. The fraction of sp³-hybridized carbons (Fsp3) is 0.400. The molecule has 19 heavy (non-hydrogen) atoms. The van der Waals surface area contributed by atoms with E-state index in [0.717, 1.165) is 19.6 Å². The Morgan fingerprint density at radius 1 is 1.32 bits per heavy atom. The van der Waals surface area contributed by atoms with E-state index in [2.05, 4.69) is 39.2 Å². The fourth-order valence-corrected chi connectivity index (χ4v) is 3.16. The summed E-state index contributed by atoms with van der Waals surface area (Å²) in [7, 11) is 0. The molecule has 1 fully saturated rings. The Balaban J connectivity index is 1.63. The molecule has 2 N–H and O–H groups in total. The molecule has 3 heterocycles. The number of rotatable bonds is 4. The molecule has 1 aliphatic heterocycles. The summed E-state index contributed by atoms with van der Waals surface area (Å²) < 4.78 is 0. The summed E-state index contributed by atoms with van der Waals surface area (Å²) in [6.45, 7) is 3.17.